The van der Waals surface area contributed by atoms with Gasteiger partial charge in [0.15, 0.2) is 5.57 Å². The van der Waals surface area contributed by atoms with E-state index in [1.807, 2.05) is 6.92 Å². The molecule has 28 heavy (non-hydrogen) atoms. The maximum Gasteiger partial charge on any atom is 0.351 e. The lowest BCUT2D eigenvalue weighted by Gasteiger charge is -2.03. The summed E-state index contributed by atoms with van der Waals surface area (Å²) in [5, 5.41) is 9.31. The number of nitriles is 1. The second-order valence-electron chi connectivity index (χ2n) is 5.61. The van der Waals surface area contributed by atoms with Gasteiger partial charge in [0, 0.05) is 12.7 Å². The van der Waals surface area contributed by atoms with Crippen LogP contribution in [0.15, 0.2) is 34.0 Å². The van der Waals surface area contributed by atoms with Gasteiger partial charge in [0.25, 0.3) is 15.6 Å². The molecule has 10 heteroatoms. The summed E-state index contributed by atoms with van der Waals surface area (Å²) < 4.78 is 33.3. The van der Waals surface area contributed by atoms with Gasteiger partial charge in [-0.1, -0.05) is 17.7 Å². The van der Waals surface area contributed by atoms with E-state index in [4.69, 9.17) is 4.74 Å². The summed E-state index contributed by atoms with van der Waals surface area (Å²) in [7, 11) is -3.86. The quantitative estimate of drug-likeness (QED) is 0.666. The molecular weight excluding hydrogens is 402 g/mol. The van der Waals surface area contributed by atoms with E-state index in [0.717, 1.165) is 23.1 Å². The van der Waals surface area contributed by atoms with Crippen LogP contribution < -0.4 is 19.5 Å². The topological polar surface area (TPSA) is 118 Å². The van der Waals surface area contributed by atoms with Crippen LogP contribution in [-0.4, -0.2) is 25.6 Å². The minimum atomic E-state index is -3.86. The van der Waals surface area contributed by atoms with E-state index in [-0.39, 0.29) is 32.8 Å². The Balaban J connectivity index is 2.57. The summed E-state index contributed by atoms with van der Waals surface area (Å²) in [4.78, 5) is 24.6. The molecule has 2 rings (SSSR count). The van der Waals surface area contributed by atoms with Crippen molar-refractivity contribution in [2.45, 2.75) is 32.2 Å². The van der Waals surface area contributed by atoms with Crippen molar-refractivity contribution in [3.8, 4) is 6.07 Å². The van der Waals surface area contributed by atoms with E-state index in [2.05, 4.69) is 4.72 Å². The molecule has 0 amide bonds. The van der Waals surface area contributed by atoms with Gasteiger partial charge in [0.1, 0.15) is 15.3 Å². The van der Waals surface area contributed by atoms with E-state index < -0.39 is 21.6 Å². The average Bonchev–Trinajstić information content (AvgIpc) is 2.97. The van der Waals surface area contributed by atoms with Crippen LogP contribution in [0, 0.1) is 18.3 Å². The highest BCUT2D eigenvalue weighted by Crippen LogP contribution is 2.09. The monoisotopic (exact) mass is 421 g/mol. The van der Waals surface area contributed by atoms with Crippen molar-refractivity contribution < 1.29 is 17.9 Å². The Hall–Kier alpha value is -2.90. The Kier molecular flexibility index (Phi) is 6.77. The highest BCUT2D eigenvalue weighted by molar-refractivity contribution is 7.89. The number of hydrogen-bond acceptors (Lipinski definition) is 7. The van der Waals surface area contributed by atoms with Crippen molar-refractivity contribution in [2.75, 3.05) is 6.61 Å². The third-order valence-electron chi connectivity index (χ3n) is 3.71. The molecular formula is C18H19N3O5S2. The molecule has 0 aliphatic rings. The SMILES string of the molecule is CCOC(=O)/C(C#N)=c1\s/c(=C/NS(=O)(=O)c2ccc(C)cc2)c(=O)n1CC. The smallest absolute Gasteiger partial charge is 0.351 e. The Morgan fingerprint density at radius 2 is 1.96 bits per heavy atom. The van der Waals surface area contributed by atoms with Gasteiger partial charge >= 0.3 is 5.97 Å². The van der Waals surface area contributed by atoms with Gasteiger partial charge in [0.2, 0.25) is 0 Å². The number of ether oxygens (including phenoxy) is 1. The first-order valence-electron chi connectivity index (χ1n) is 8.35. The summed E-state index contributed by atoms with van der Waals surface area (Å²) in [6.45, 7) is 5.41. The van der Waals surface area contributed by atoms with Crippen molar-refractivity contribution in [1.82, 2.24) is 9.29 Å². The molecule has 0 fully saturated rings. The second kappa shape index (κ2) is 8.86. The zero-order chi connectivity index (χ0) is 20.9. The van der Waals surface area contributed by atoms with Crippen LogP contribution in [0.25, 0.3) is 11.8 Å². The van der Waals surface area contributed by atoms with E-state index in [1.54, 1.807) is 32.0 Å². The lowest BCUT2D eigenvalue weighted by molar-refractivity contribution is -0.136. The second-order valence-corrected chi connectivity index (χ2v) is 8.35. The van der Waals surface area contributed by atoms with Gasteiger partial charge in [-0.05, 0) is 32.9 Å². The van der Waals surface area contributed by atoms with E-state index >= 15 is 0 Å². The zero-order valence-corrected chi connectivity index (χ0v) is 17.2. The van der Waals surface area contributed by atoms with Gasteiger partial charge in [0.05, 0.1) is 11.5 Å². The number of benzene rings is 1. The van der Waals surface area contributed by atoms with Gasteiger partial charge in [-0.3, -0.25) is 14.1 Å². The van der Waals surface area contributed by atoms with Gasteiger partial charge in [-0.25, -0.2) is 13.2 Å². The fourth-order valence-electron chi connectivity index (χ4n) is 2.29. The van der Waals surface area contributed by atoms with Crippen molar-refractivity contribution >= 4 is 39.1 Å². The van der Waals surface area contributed by atoms with Crippen molar-refractivity contribution in [3.05, 3.63) is 49.4 Å². The number of nitrogens with one attached hydrogen (secondary N) is 1. The minimum absolute atomic E-state index is 0.0459. The van der Waals surface area contributed by atoms with Gasteiger partial charge in [-0.2, -0.15) is 5.26 Å². The van der Waals surface area contributed by atoms with Crippen LogP contribution in [-0.2, 0) is 26.1 Å². The number of esters is 1. The molecule has 0 aliphatic carbocycles. The first-order valence-corrected chi connectivity index (χ1v) is 10.7. The average molecular weight is 422 g/mol. The molecule has 0 atom stereocenters. The van der Waals surface area contributed by atoms with Crippen LogP contribution in [0.1, 0.15) is 19.4 Å². The molecule has 0 spiro atoms. The fourth-order valence-corrected chi connectivity index (χ4v) is 4.35. The molecule has 0 bridgehead atoms. The first-order chi connectivity index (χ1) is 13.2. The number of carbonyl (C=O) groups is 1. The molecule has 2 aromatic rings. The molecule has 0 saturated heterocycles. The molecule has 0 unspecified atom stereocenters. The number of carbonyl (C=O) groups excluding carboxylic acids is 1. The highest BCUT2D eigenvalue weighted by Gasteiger charge is 2.17. The van der Waals surface area contributed by atoms with Crippen LogP contribution in [0.5, 0.6) is 0 Å². The molecule has 148 valence electrons. The van der Waals surface area contributed by atoms with Crippen LogP contribution in [0.3, 0.4) is 0 Å². The molecule has 0 radical (unpaired) electrons. The molecule has 1 heterocycles. The Bertz CT molecular complexity index is 1200. The number of nitrogens with zero attached hydrogens (tertiary/aromatic N) is 2. The maximum absolute atomic E-state index is 12.6. The van der Waals surface area contributed by atoms with E-state index in [9.17, 15) is 23.3 Å². The van der Waals surface area contributed by atoms with E-state index in [1.165, 1.54) is 16.7 Å². The number of hydrogen-bond donors (Lipinski definition) is 1. The number of thiazole rings is 1. The standard InChI is InChI=1S/C18H19N3O5S2/c1-4-21-16(22)15(27-17(21)14(10-19)18(23)26-5-2)11-20-28(24,25)13-8-6-12(3)7-9-13/h6-9,11,20H,4-5H2,1-3H3/b15-11+,17-14-. The van der Waals surface area contributed by atoms with Crippen molar-refractivity contribution in [2.24, 2.45) is 0 Å². The van der Waals surface area contributed by atoms with Gasteiger partial charge in [-0.15, -0.1) is 11.3 Å². The molecule has 0 aliphatic heterocycles. The van der Waals surface area contributed by atoms with Crippen LogP contribution >= 0.6 is 11.3 Å². The summed E-state index contributed by atoms with van der Waals surface area (Å²) >= 11 is 0.843. The Morgan fingerprint density at radius 3 is 2.50 bits per heavy atom. The van der Waals surface area contributed by atoms with Crippen molar-refractivity contribution in [3.63, 3.8) is 0 Å². The lowest BCUT2D eigenvalue weighted by atomic mass is 10.2. The third kappa shape index (κ3) is 4.49. The van der Waals surface area contributed by atoms with Crippen molar-refractivity contribution in [1.29, 1.82) is 5.26 Å². The zero-order valence-electron chi connectivity index (χ0n) is 15.6. The third-order valence-corrected chi connectivity index (χ3v) is 6.16. The highest BCUT2D eigenvalue weighted by atomic mass is 32.2. The number of aryl methyl sites for hydroxylation is 1. The molecule has 1 aromatic heterocycles. The summed E-state index contributed by atoms with van der Waals surface area (Å²) in [5.41, 5.74) is 0.105. The maximum atomic E-state index is 12.6. The fraction of sp³-hybridized carbons (Fsp3) is 0.278. The number of rotatable bonds is 6. The lowest BCUT2D eigenvalue weighted by Crippen LogP contribution is -2.33. The molecule has 1 N–H and O–H groups in total. The molecule has 8 nitrogen and oxygen atoms in total. The predicted octanol–water partition coefficient (Wildman–Crippen LogP) is 0.192. The Labute approximate surface area is 166 Å². The van der Waals surface area contributed by atoms with Crippen LogP contribution in [0.4, 0.5) is 0 Å². The number of aromatic nitrogens is 1. The normalized spacial score (nSPS) is 13.0. The minimum Gasteiger partial charge on any atom is -0.462 e. The number of sulfonamides is 1. The van der Waals surface area contributed by atoms with E-state index in [0.29, 0.717) is 0 Å². The largest absolute Gasteiger partial charge is 0.462 e. The first kappa shape index (κ1) is 21.4. The summed E-state index contributed by atoms with van der Waals surface area (Å²) in [6, 6.07) is 8.00. The molecule has 1 aromatic carbocycles. The van der Waals surface area contributed by atoms with Crippen LogP contribution in [0.2, 0.25) is 0 Å². The van der Waals surface area contributed by atoms with Gasteiger partial charge < -0.3 is 4.74 Å². The summed E-state index contributed by atoms with van der Waals surface area (Å²) in [5.74, 6) is -0.833. The molecule has 0 saturated carbocycles. The predicted molar refractivity (Wildman–Crippen MR) is 105 cm³/mol. The Morgan fingerprint density at radius 1 is 1.32 bits per heavy atom. The summed E-state index contributed by atoms with van der Waals surface area (Å²) in [6.07, 6.45) is 1.07.